The fourth-order valence-corrected chi connectivity index (χ4v) is 2.87. The van der Waals surface area contributed by atoms with Gasteiger partial charge in [0.1, 0.15) is 6.10 Å². The van der Waals surface area contributed by atoms with E-state index in [-0.39, 0.29) is 0 Å². The molecule has 1 saturated carbocycles. The minimum Gasteiger partial charge on any atom is -0.474 e. The molecule has 0 unspecified atom stereocenters. The van der Waals surface area contributed by atoms with E-state index >= 15 is 0 Å². The molecule has 1 aromatic heterocycles. The molecule has 1 N–H and O–H groups in total. The van der Waals surface area contributed by atoms with E-state index < -0.39 is 0 Å². The van der Waals surface area contributed by atoms with E-state index in [4.69, 9.17) is 4.74 Å². The first-order chi connectivity index (χ1) is 9.70. The molecule has 0 radical (unpaired) electrons. The molecule has 2 rings (SSSR count). The van der Waals surface area contributed by atoms with Crippen LogP contribution in [0.15, 0.2) is 6.07 Å². The summed E-state index contributed by atoms with van der Waals surface area (Å²) in [6, 6.07) is 2.15. The summed E-state index contributed by atoms with van der Waals surface area (Å²) < 4.78 is 6.23. The third-order valence-electron chi connectivity index (χ3n) is 4.00. The van der Waals surface area contributed by atoms with Crippen molar-refractivity contribution < 1.29 is 4.74 Å². The lowest BCUT2D eigenvalue weighted by Gasteiger charge is -2.24. The molecular weight excluding hydrogens is 248 g/mol. The largest absolute Gasteiger partial charge is 0.474 e. The van der Waals surface area contributed by atoms with Crippen molar-refractivity contribution in [2.75, 3.05) is 6.54 Å². The second-order valence-corrected chi connectivity index (χ2v) is 5.92. The molecule has 0 saturated heterocycles. The minimum absolute atomic E-state index is 0.363. The number of ether oxygens (including phenoxy) is 1. The zero-order valence-corrected chi connectivity index (χ0v) is 13.2. The maximum atomic E-state index is 6.23. The second-order valence-electron chi connectivity index (χ2n) is 5.92. The monoisotopic (exact) mass is 276 g/mol. The fourth-order valence-electron chi connectivity index (χ4n) is 2.87. The van der Waals surface area contributed by atoms with Crippen LogP contribution < -0.4 is 10.1 Å². The van der Waals surface area contributed by atoms with Crippen molar-refractivity contribution in [3.05, 3.63) is 22.9 Å². The van der Waals surface area contributed by atoms with Gasteiger partial charge in [-0.25, -0.2) is 4.98 Å². The van der Waals surface area contributed by atoms with Gasteiger partial charge in [0.25, 0.3) is 0 Å². The maximum Gasteiger partial charge on any atom is 0.218 e. The molecule has 1 aliphatic carbocycles. The van der Waals surface area contributed by atoms with Gasteiger partial charge in [-0.1, -0.05) is 13.3 Å². The molecule has 0 aliphatic heterocycles. The van der Waals surface area contributed by atoms with Crippen molar-refractivity contribution in [2.24, 2.45) is 0 Å². The molecule has 112 valence electrons. The Morgan fingerprint density at radius 3 is 2.70 bits per heavy atom. The van der Waals surface area contributed by atoms with Crippen LogP contribution in [0.2, 0.25) is 0 Å². The summed E-state index contributed by atoms with van der Waals surface area (Å²) in [7, 11) is 0. The number of pyridine rings is 1. The Labute approximate surface area is 123 Å². The Bertz CT molecular complexity index is 425. The van der Waals surface area contributed by atoms with Gasteiger partial charge >= 0.3 is 0 Å². The third kappa shape index (κ3) is 4.20. The van der Waals surface area contributed by atoms with E-state index in [1.165, 1.54) is 43.2 Å². The third-order valence-corrected chi connectivity index (χ3v) is 4.00. The summed E-state index contributed by atoms with van der Waals surface area (Å²) in [5.74, 6) is 0.859. The lowest BCUT2D eigenvalue weighted by Crippen LogP contribution is -2.23. The first-order valence-electron chi connectivity index (χ1n) is 8.05. The molecule has 0 atom stereocenters. The summed E-state index contributed by atoms with van der Waals surface area (Å²) >= 11 is 0. The number of hydrogen-bond donors (Lipinski definition) is 1. The van der Waals surface area contributed by atoms with Crippen LogP contribution in [0.25, 0.3) is 0 Å². The van der Waals surface area contributed by atoms with Crippen LogP contribution in [-0.2, 0) is 6.54 Å². The molecule has 0 amide bonds. The standard InChI is InChI=1S/C17H28N2O/c1-4-10-18-12-16-13(2)11-14(3)19-17(16)20-15-8-6-5-7-9-15/h11,15,18H,4-10,12H2,1-3H3. The van der Waals surface area contributed by atoms with Crippen molar-refractivity contribution in [1.82, 2.24) is 10.3 Å². The van der Waals surface area contributed by atoms with E-state index in [1.807, 2.05) is 6.92 Å². The topological polar surface area (TPSA) is 34.2 Å². The van der Waals surface area contributed by atoms with Crippen molar-refractivity contribution in [1.29, 1.82) is 0 Å². The number of rotatable bonds is 6. The van der Waals surface area contributed by atoms with Crippen LogP contribution >= 0.6 is 0 Å². The highest BCUT2D eigenvalue weighted by Gasteiger charge is 2.18. The molecular formula is C17H28N2O. The Balaban J connectivity index is 2.11. The average molecular weight is 276 g/mol. The molecule has 0 aromatic carbocycles. The smallest absolute Gasteiger partial charge is 0.218 e. The molecule has 1 fully saturated rings. The summed E-state index contributed by atoms with van der Waals surface area (Å²) in [6.07, 6.45) is 7.80. The number of aromatic nitrogens is 1. The molecule has 1 aromatic rings. The molecule has 1 aliphatic rings. The van der Waals surface area contributed by atoms with E-state index in [1.54, 1.807) is 0 Å². The lowest BCUT2D eigenvalue weighted by molar-refractivity contribution is 0.146. The molecule has 20 heavy (non-hydrogen) atoms. The highest BCUT2D eigenvalue weighted by molar-refractivity contribution is 5.36. The minimum atomic E-state index is 0.363. The Kier molecular flexibility index (Phi) is 5.84. The highest BCUT2D eigenvalue weighted by Crippen LogP contribution is 2.26. The SMILES string of the molecule is CCCNCc1c(C)cc(C)nc1OC1CCCCC1. The van der Waals surface area contributed by atoms with Gasteiger partial charge in [-0.2, -0.15) is 0 Å². The van der Waals surface area contributed by atoms with Gasteiger partial charge in [0.2, 0.25) is 5.88 Å². The van der Waals surface area contributed by atoms with Crippen LogP contribution in [0, 0.1) is 13.8 Å². The zero-order chi connectivity index (χ0) is 14.4. The summed E-state index contributed by atoms with van der Waals surface area (Å²) in [6.45, 7) is 8.28. The van der Waals surface area contributed by atoms with Gasteiger partial charge in [-0.15, -0.1) is 0 Å². The van der Waals surface area contributed by atoms with Crippen molar-refractivity contribution in [3.63, 3.8) is 0 Å². The van der Waals surface area contributed by atoms with Crippen molar-refractivity contribution in [3.8, 4) is 5.88 Å². The van der Waals surface area contributed by atoms with Gasteiger partial charge in [0, 0.05) is 17.8 Å². The average Bonchev–Trinajstić information content (AvgIpc) is 2.43. The zero-order valence-electron chi connectivity index (χ0n) is 13.2. The predicted molar refractivity (Wildman–Crippen MR) is 83.2 cm³/mol. The van der Waals surface area contributed by atoms with Crippen molar-refractivity contribution in [2.45, 2.75) is 71.9 Å². The summed E-state index contributed by atoms with van der Waals surface area (Å²) in [5.41, 5.74) is 3.56. The van der Waals surface area contributed by atoms with Crippen LogP contribution in [0.5, 0.6) is 5.88 Å². The first-order valence-corrected chi connectivity index (χ1v) is 8.05. The Hall–Kier alpha value is -1.09. The molecule has 0 bridgehead atoms. The number of hydrogen-bond acceptors (Lipinski definition) is 3. The van der Waals surface area contributed by atoms with E-state index in [2.05, 4.69) is 30.2 Å². The second kappa shape index (κ2) is 7.63. The van der Waals surface area contributed by atoms with E-state index in [0.717, 1.165) is 31.1 Å². The van der Waals surface area contributed by atoms with Crippen LogP contribution in [0.1, 0.15) is 62.3 Å². The molecule has 3 heteroatoms. The van der Waals surface area contributed by atoms with Crippen LogP contribution in [0.4, 0.5) is 0 Å². The van der Waals surface area contributed by atoms with E-state index in [0.29, 0.717) is 6.10 Å². The number of nitrogens with one attached hydrogen (secondary N) is 1. The lowest BCUT2D eigenvalue weighted by atomic mass is 9.98. The van der Waals surface area contributed by atoms with Gasteiger partial charge in [0.15, 0.2) is 0 Å². The number of nitrogens with zero attached hydrogens (tertiary/aromatic N) is 1. The van der Waals surface area contributed by atoms with Gasteiger partial charge in [0.05, 0.1) is 0 Å². The van der Waals surface area contributed by atoms with Crippen LogP contribution in [-0.4, -0.2) is 17.6 Å². The Morgan fingerprint density at radius 2 is 2.00 bits per heavy atom. The van der Waals surface area contributed by atoms with E-state index in [9.17, 15) is 0 Å². The van der Waals surface area contributed by atoms with Gasteiger partial charge in [-0.05, 0) is 64.1 Å². The van der Waals surface area contributed by atoms with Crippen LogP contribution in [0.3, 0.4) is 0 Å². The fraction of sp³-hybridized carbons (Fsp3) is 0.706. The Morgan fingerprint density at radius 1 is 1.25 bits per heavy atom. The first kappa shape index (κ1) is 15.3. The quantitative estimate of drug-likeness (QED) is 0.800. The van der Waals surface area contributed by atoms with Gasteiger partial charge < -0.3 is 10.1 Å². The maximum absolute atomic E-state index is 6.23. The summed E-state index contributed by atoms with van der Waals surface area (Å²) in [4.78, 5) is 4.64. The molecule has 1 heterocycles. The number of aryl methyl sites for hydroxylation is 2. The van der Waals surface area contributed by atoms with Gasteiger partial charge in [-0.3, -0.25) is 0 Å². The normalized spacial score (nSPS) is 16.4. The van der Waals surface area contributed by atoms with Crippen molar-refractivity contribution >= 4 is 0 Å². The highest BCUT2D eigenvalue weighted by atomic mass is 16.5. The summed E-state index contributed by atoms with van der Waals surface area (Å²) in [5, 5.41) is 3.47. The molecule has 0 spiro atoms. The predicted octanol–water partition coefficient (Wildman–Crippen LogP) is 3.91. The molecule has 3 nitrogen and oxygen atoms in total.